The van der Waals surface area contributed by atoms with E-state index >= 15 is 0 Å². The highest BCUT2D eigenvalue weighted by Gasteiger charge is 2.38. The average Bonchev–Trinajstić information content (AvgIpc) is 4.03. The summed E-state index contributed by atoms with van der Waals surface area (Å²) in [6.45, 7) is 4.66. The van der Waals surface area contributed by atoms with Gasteiger partial charge >= 0.3 is 0 Å². The number of hydrogen-bond acceptors (Lipinski definition) is 4. The monoisotopic (exact) mass is 853 g/mol. The van der Waals surface area contributed by atoms with E-state index in [1.54, 1.807) is 11.3 Å². The van der Waals surface area contributed by atoms with Crippen LogP contribution in [-0.4, -0.2) is 19.5 Å². The molecule has 0 unspecified atom stereocenters. The van der Waals surface area contributed by atoms with Gasteiger partial charge in [-0.2, -0.15) is 0 Å². The van der Waals surface area contributed by atoms with Crippen molar-refractivity contribution >= 4 is 53.3 Å². The lowest BCUT2D eigenvalue weighted by Crippen LogP contribution is -2.15. The van der Waals surface area contributed by atoms with Crippen molar-refractivity contribution in [2.24, 2.45) is 0 Å². The quantitative estimate of drug-likeness (QED) is 0.167. The van der Waals surface area contributed by atoms with Crippen LogP contribution < -0.4 is 0 Å². The fourth-order valence-corrected chi connectivity index (χ4v) is 11.5. The molecule has 3 heterocycles. The van der Waals surface area contributed by atoms with E-state index in [1.807, 2.05) is 36.4 Å². The second-order valence-electron chi connectivity index (χ2n) is 17.2. The molecule has 5 heteroatoms. The van der Waals surface area contributed by atoms with Crippen LogP contribution >= 0.6 is 11.3 Å². The maximum atomic E-state index is 9.03. The minimum absolute atomic E-state index is 0.00634. The van der Waals surface area contributed by atoms with Crippen LogP contribution in [0.3, 0.4) is 0 Å². The maximum Gasteiger partial charge on any atom is 0.165 e. The summed E-state index contributed by atoms with van der Waals surface area (Å²) in [5.74, 6) is 0.632. The van der Waals surface area contributed by atoms with Crippen LogP contribution in [0.2, 0.25) is 0 Å². The molecule has 1 aliphatic rings. The fraction of sp³-hybridized carbons (Fsp3) is 0.0500. The normalized spacial score (nSPS) is 14.0. The third kappa shape index (κ3) is 5.86. The van der Waals surface area contributed by atoms with Crippen LogP contribution in [0.25, 0.3) is 115 Å². The number of nitrogens with zero attached hydrogens (tertiary/aromatic N) is 4. The Bertz CT molecular complexity index is 4130. The van der Waals surface area contributed by atoms with Crippen molar-refractivity contribution in [1.29, 1.82) is 0 Å². The third-order valence-electron chi connectivity index (χ3n) is 13.1. The maximum absolute atomic E-state index is 9.03. The number of fused-ring (bicyclic) bond motifs is 10. The van der Waals surface area contributed by atoms with Crippen LogP contribution in [0, 0.1) is 0 Å². The van der Waals surface area contributed by atoms with Gasteiger partial charge in [0.15, 0.2) is 17.5 Å². The minimum Gasteiger partial charge on any atom is -0.309 e. The Kier molecular flexibility index (Phi) is 7.30. The summed E-state index contributed by atoms with van der Waals surface area (Å²) in [6, 6.07) is 59.3. The van der Waals surface area contributed by atoms with E-state index in [2.05, 4.69) is 158 Å². The van der Waals surface area contributed by atoms with Crippen molar-refractivity contribution in [2.45, 2.75) is 19.3 Å². The SMILES string of the molecule is [2H]c1c([2H])c([2H])c(-c2nc(-c3ccccc3)nc(-c3cc(-n4c5ccccc5c5c6c(ccc54)-c4ccccc4C6(C)C)cc4c3sc3c(-c5cccc(-c6ccccc6)c5)cccc34)n2)c([2H])c1[2H]. The van der Waals surface area contributed by atoms with Gasteiger partial charge in [-0.3, -0.25) is 0 Å². The van der Waals surface area contributed by atoms with E-state index in [9.17, 15) is 0 Å². The standard InChI is InChI=1S/C60H40N4S/c1-60(2)50-30-14-12-26-44(50)45-32-33-52-53(54(45)60)47-27-13-15-31-51(47)64(52)42-35-48-46-29-17-28-43(41-25-16-24-40(34-41)37-18-6-3-7-19-37)55(46)65-56(48)49(36-42)59-62-57(38-20-8-4-9-21-38)61-58(63-59)39-22-10-5-11-23-39/h3-36H,1-2H3/i4D,8D,9D,20D,21D. The Morgan fingerprint density at radius 2 is 1.08 bits per heavy atom. The van der Waals surface area contributed by atoms with Crippen LogP contribution in [0.4, 0.5) is 0 Å². The van der Waals surface area contributed by atoms with Gasteiger partial charge in [0.1, 0.15) is 0 Å². The smallest absolute Gasteiger partial charge is 0.165 e. The molecule has 4 nitrogen and oxygen atoms in total. The Morgan fingerprint density at radius 3 is 1.91 bits per heavy atom. The predicted octanol–water partition coefficient (Wildman–Crippen LogP) is 16.0. The number of para-hydroxylation sites is 1. The van der Waals surface area contributed by atoms with Gasteiger partial charge in [-0.1, -0.05) is 190 Å². The molecule has 0 amide bonds. The Labute approximate surface area is 387 Å². The van der Waals surface area contributed by atoms with Crippen LogP contribution in [0.1, 0.15) is 31.8 Å². The molecule has 1 aliphatic carbocycles. The van der Waals surface area contributed by atoms with Gasteiger partial charge < -0.3 is 4.57 Å². The summed E-state index contributed by atoms with van der Waals surface area (Å²) in [5.41, 5.74) is 13.7. The Balaban J connectivity index is 1.14. The molecule has 9 aromatic carbocycles. The van der Waals surface area contributed by atoms with Crippen molar-refractivity contribution in [2.75, 3.05) is 0 Å². The van der Waals surface area contributed by atoms with Gasteiger partial charge in [0, 0.05) is 58.7 Å². The summed E-state index contributed by atoms with van der Waals surface area (Å²) in [4.78, 5) is 15.2. The first-order valence-electron chi connectivity index (χ1n) is 24.3. The fourth-order valence-electron chi connectivity index (χ4n) is 10.2. The molecule has 3 aromatic heterocycles. The highest BCUT2D eigenvalue weighted by molar-refractivity contribution is 7.26. The molecule has 0 N–H and O–H groups in total. The second kappa shape index (κ2) is 14.5. The molecule has 0 atom stereocenters. The molecule has 12 aromatic rings. The largest absolute Gasteiger partial charge is 0.309 e. The van der Waals surface area contributed by atoms with Crippen LogP contribution in [0.15, 0.2) is 206 Å². The first-order chi connectivity index (χ1) is 34.1. The number of benzene rings is 9. The number of rotatable bonds is 6. The summed E-state index contributed by atoms with van der Waals surface area (Å²) < 4.78 is 48.1. The zero-order valence-electron chi connectivity index (χ0n) is 40.4. The van der Waals surface area contributed by atoms with Gasteiger partial charge in [0.05, 0.1) is 17.9 Å². The molecule has 306 valence electrons. The topological polar surface area (TPSA) is 43.6 Å². The van der Waals surface area contributed by atoms with Gasteiger partial charge in [-0.05, 0) is 74.8 Å². The molecule has 0 saturated carbocycles. The number of aromatic nitrogens is 4. The summed E-state index contributed by atoms with van der Waals surface area (Å²) in [7, 11) is 0. The third-order valence-corrected chi connectivity index (χ3v) is 14.4. The van der Waals surface area contributed by atoms with E-state index in [4.69, 9.17) is 21.8 Å². The number of hydrogen-bond donors (Lipinski definition) is 0. The molecular formula is C60H40N4S. The molecule has 65 heavy (non-hydrogen) atoms. The van der Waals surface area contributed by atoms with Crippen molar-refractivity contribution in [1.82, 2.24) is 19.5 Å². The molecule has 13 rings (SSSR count). The van der Waals surface area contributed by atoms with Gasteiger partial charge in [-0.15, -0.1) is 11.3 Å². The van der Waals surface area contributed by atoms with Crippen LogP contribution in [0.5, 0.6) is 0 Å². The molecular weight excluding hydrogens is 809 g/mol. The molecule has 0 bridgehead atoms. The van der Waals surface area contributed by atoms with Gasteiger partial charge in [-0.25, -0.2) is 15.0 Å². The molecule has 0 saturated heterocycles. The van der Waals surface area contributed by atoms with E-state index < -0.39 is 18.1 Å². The highest BCUT2D eigenvalue weighted by Crippen LogP contribution is 2.54. The first kappa shape index (κ1) is 32.7. The number of thiophene rings is 1. The summed E-state index contributed by atoms with van der Waals surface area (Å²) in [6.07, 6.45) is 0. The van der Waals surface area contributed by atoms with E-state index in [1.165, 1.54) is 27.6 Å². The second-order valence-corrected chi connectivity index (χ2v) is 18.2. The zero-order chi connectivity index (χ0) is 47.6. The highest BCUT2D eigenvalue weighted by atomic mass is 32.1. The van der Waals surface area contributed by atoms with Gasteiger partial charge in [0.2, 0.25) is 0 Å². The zero-order valence-corrected chi connectivity index (χ0v) is 36.3. The van der Waals surface area contributed by atoms with E-state index in [0.29, 0.717) is 17.2 Å². The summed E-state index contributed by atoms with van der Waals surface area (Å²) >= 11 is 1.68. The van der Waals surface area contributed by atoms with Crippen molar-refractivity contribution in [3.8, 4) is 73.2 Å². The molecule has 0 aliphatic heterocycles. The van der Waals surface area contributed by atoms with E-state index in [-0.39, 0.29) is 28.9 Å². The van der Waals surface area contributed by atoms with E-state index in [0.717, 1.165) is 70.1 Å². The van der Waals surface area contributed by atoms with Crippen molar-refractivity contribution in [3.63, 3.8) is 0 Å². The van der Waals surface area contributed by atoms with Crippen molar-refractivity contribution < 1.29 is 6.85 Å². The molecule has 0 fully saturated rings. The first-order valence-corrected chi connectivity index (χ1v) is 22.6. The predicted molar refractivity (Wildman–Crippen MR) is 272 cm³/mol. The molecule has 0 spiro atoms. The van der Waals surface area contributed by atoms with Crippen LogP contribution in [-0.2, 0) is 5.41 Å². The lowest BCUT2D eigenvalue weighted by Gasteiger charge is -2.22. The lowest BCUT2D eigenvalue weighted by atomic mass is 9.80. The summed E-state index contributed by atoms with van der Waals surface area (Å²) in [5, 5.41) is 4.45. The average molecular weight is 854 g/mol. The van der Waals surface area contributed by atoms with Gasteiger partial charge in [0.25, 0.3) is 0 Å². The minimum atomic E-state index is -0.481. The Hall–Kier alpha value is -7.99. The van der Waals surface area contributed by atoms with Crippen molar-refractivity contribution in [3.05, 3.63) is 217 Å². The molecule has 0 radical (unpaired) electrons. The lowest BCUT2D eigenvalue weighted by molar-refractivity contribution is 0.666. The Morgan fingerprint density at radius 1 is 0.446 bits per heavy atom.